The van der Waals surface area contributed by atoms with Gasteiger partial charge in [0, 0.05) is 26.6 Å². The summed E-state index contributed by atoms with van der Waals surface area (Å²) in [5.41, 5.74) is 8.19. The fraction of sp³-hybridized carbons (Fsp3) is 0. The molecule has 0 unspecified atom stereocenters. The summed E-state index contributed by atoms with van der Waals surface area (Å²) in [4.78, 5) is 5.18. The number of rotatable bonds is 7. The molecule has 320 valence electrons. The molecular formula is C64H45NSSi2. The zero-order chi connectivity index (χ0) is 45.1. The molecule has 4 heteroatoms. The fourth-order valence-electron chi connectivity index (χ4n) is 11.6. The van der Waals surface area contributed by atoms with Gasteiger partial charge in [-0.1, -0.05) is 242 Å². The van der Waals surface area contributed by atoms with E-state index in [9.17, 15) is 0 Å². The number of hydrogen-bond acceptors (Lipinski definition) is 2. The Bertz CT molecular complexity index is 3580. The van der Waals surface area contributed by atoms with Crippen LogP contribution in [0.15, 0.2) is 283 Å². The van der Waals surface area contributed by atoms with Gasteiger partial charge in [0.2, 0.25) is 0 Å². The molecule has 0 saturated carbocycles. The van der Waals surface area contributed by atoms with Gasteiger partial charge in [0.1, 0.15) is 0 Å². The molecule has 0 bridgehead atoms. The molecule has 0 amide bonds. The largest absolute Gasteiger partial charge is 0.310 e. The molecule has 1 nitrogen and oxygen atoms in total. The topological polar surface area (TPSA) is 3.24 Å². The van der Waals surface area contributed by atoms with Crippen molar-refractivity contribution >= 4 is 97.2 Å². The first kappa shape index (κ1) is 40.5. The van der Waals surface area contributed by atoms with Crippen LogP contribution in [0.1, 0.15) is 0 Å². The van der Waals surface area contributed by atoms with Crippen LogP contribution in [0.5, 0.6) is 0 Å². The predicted molar refractivity (Wildman–Crippen MR) is 294 cm³/mol. The second-order valence-electron chi connectivity index (χ2n) is 17.9. The van der Waals surface area contributed by atoms with Crippen molar-refractivity contribution in [2.45, 2.75) is 9.79 Å². The fourth-order valence-corrected chi connectivity index (χ4v) is 25.9. The number of fused-ring (bicyclic) bond motifs is 9. The van der Waals surface area contributed by atoms with E-state index in [2.05, 4.69) is 278 Å². The van der Waals surface area contributed by atoms with Gasteiger partial charge >= 0.3 is 0 Å². The molecule has 2 aliphatic heterocycles. The Hall–Kier alpha value is -7.74. The van der Waals surface area contributed by atoms with Crippen LogP contribution in [0.2, 0.25) is 0 Å². The minimum absolute atomic E-state index is 1.11. The van der Waals surface area contributed by atoms with Crippen LogP contribution < -0.4 is 46.4 Å². The van der Waals surface area contributed by atoms with Gasteiger partial charge in [0.15, 0.2) is 16.1 Å². The summed E-state index contributed by atoms with van der Waals surface area (Å²) >= 11 is 1.93. The normalized spacial score (nSPS) is 13.8. The minimum atomic E-state index is -2.98. The Kier molecular flexibility index (Phi) is 9.86. The van der Waals surface area contributed by atoms with Crippen molar-refractivity contribution in [1.82, 2.24) is 0 Å². The van der Waals surface area contributed by atoms with Crippen LogP contribution in [0.25, 0.3) is 33.0 Å². The smallest absolute Gasteiger partial charge is 0.181 e. The van der Waals surface area contributed by atoms with Crippen LogP contribution in [-0.4, -0.2) is 16.1 Å². The van der Waals surface area contributed by atoms with Gasteiger partial charge in [-0.15, -0.1) is 0 Å². The highest BCUT2D eigenvalue weighted by molar-refractivity contribution is 8.00. The monoisotopic (exact) mass is 915 g/mol. The molecule has 0 N–H and O–H groups in total. The molecule has 0 saturated heterocycles. The van der Waals surface area contributed by atoms with Gasteiger partial charge in [-0.2, -0.15) is 0 Å². The molecule has 0 radical (unpaired) electrons. The first-order valence-electron chi connectivity index (χ1n) is 23.5. The summed E-state index contributed by atoms with van der Waals surface area (Å²) in [5, 5.41) is 14.2. The van der Waals surface area contributed by atoms with Gasteiger partial charge < -0.3 is 4.90 Å². The first-order chi connectivity index (χ1) is 33.7. The maximum Gasteiger partial charge on any atom is 0.181 e. The molecule has 1 spiro atoms. The van der Waals surface area contributed by atoms with Crippen LogP contribution >= 0.6 is 11.8 Å². The van der Waals surface area contributed by atoms with Crippen molar-refractivity contribution in [3.63, 3.8) is 0 Å². The van der Waals surface area contributed by atoms with Crippen LogP contribution in [-0.2, 0) is 0 Å². The van der Waals surface area contributed by atoms with E-state index >= 15 is 0 Å². The summed E-state index contributed by atoms with van der Waals surface area (Å²) in [7, 11) is -5.88. The zero-order valence-corrected chi connectivity index (χ0v) is 40.2. The molecule has 2 heterocycles. The van der Waals surface area contributed by atoms with Gasteiger partial charge in [-0.3, -0.25) is 0 Å². The third-order valence-corrected chi connectivity index (χ3v) is 26.3. The van der Waals surface area contributed by atoms with Crippen molar-refractivity contribution in [3.05, 3.63) is 273 Å². The minimum Gasteiger partial charge on any atom is -0.310 e. The summed E-state index contributed by atoms with van der Waals surface area (Å²) < 4.78 is 0. The SMILES string of the molecule is c1ccc(-c2ccc(N(c3cccc(-c4ccc5c(c4)[Si](c4ccccc4)(c4ccccc4)c4ccccc4[Si]54c5ccccc5Sc5ccccc54)c3)c3cccc4ccccc34)cc2)cc1. The Morgan fingerprint density at radius 3 is 1.43 bits per heavy atom. The molecule has 11 aromatic carbocycles. The van der Waals surface area contributed by atoms with Gasteiger partial charge in [0.25, 0.3) is 0 Å². The molecule has 0 fully saturated rings. The van der Waals surface area contributed by atoms with Crippen molar-refractivity contribution in [2.24, 2.45) is 0 Å². The van der Waals surface area contributed by atoms with Crippen molar-refractivity contribution in [3.8, 4) is 22.3 Å². The molecule has 0 aromatic heterocycles. The quantitative estimate of drug-likeness (QED) is 0.147. The maximum atomic E-state index is 2.63. The summed E-state index contributed by atoms with van der Waals surface area (Å²) in [6.45, 7) is 0. The first-order valence-corrected chi connectivity index (χ1v) is 28.3. The van der Waals surface area contributed by atoms with Crippen molar-refractivity contribution in [2.75, 3.05) is 4.90 Å². The Balaban J connectivity index is 1.08. The zero-order valence-electron chi connectivity index (χ0n) is 37.3. The predicted octanol–water partition coefficient (Wildman–Crippen LogP) is 11.2. The highest BCUT2D eigenvalue weighted by atomic mass is 32.2. The third kappa shape index (κ3) is 6.22. The van der Waals surface area contributed by atoms with Crippen LogP contribution in [0.4, 0.5) is 17.1 Å². The summed E-state index contributed by atoms with van der Waals surface area (Å²) in [5.74, 6) is 0. The number of benzene rings is 11. The molecular weight excluding hydrogens is 871 g/mol. The lowest BCUT2D eigenvalue weighted by Crippen LogP contribution is -2.93. The second-order valence-corrected chi connectivity index (χ2v) is 26.4. The van der Waals surface area contributed by atoms with E-state index in [-0.39, 0.29) is 0 Å². The molecule has 11 aromatic rings. The molecule has 0 aliphatic carbocycles. The Morgan fingerprint density at radius 1 is 0.279 bits per heavy atom. The summed E-state index contributed by atoms with van der Waals surface area (Å²) in [6, 6.07) is 103. The second kappa shape index (κ2) is 16.5. The number of hydrogen-bond donors (Lipinski definition) is 0. The van der Waals surface area contributed by atoms with Gasteiger partial charge in [-0.25, -0.2) is 0 Å². The Labute approximate surface area is 404 Å². The lowest BCUT2D eigenvalue weighted by molar-refractivity contribution is 1.30. The van der Waals surface area contributed by atoms with Gasteiger partial charge in [-0.05, 0) is 112 Å². The van der Waals surface area contributed by atoms with E-state index in [1.54, 1.807) is 0 Å². The maximum absolute atomic E-state index is 2.98. The van der Waals surface area contributed by atoms with Gasteiger partial charge in [0.05, 0.1) is 5.69 Å². The lowest BCUT2D eigenvalue weighted by Gasteiger charge is -2.50. The van der Waals surface area contributed by atoms with Crippen LogP contribution in [0, 0.1) is 0 Å². The Morgan fingerprint density at radius 2 is 0.750 bits per heavy atom. The molecule has 0 atom stereocenters. The number of nitrogens with zero attached hydrogens (tertiary/aromatic N) is 1. The summed E-state index contributed by atoms with van der Waals surface area (Å²) in [6.07, 6.45) is 0. The number of anilines is 3. The standard InChI is InChI=1S/C64H45NSSi2/c1-4-20-46(21-5-1)47-38-41-51(42-39-47)65(56-31-19-23-48-22-10-11-30-55(48)56)52-25-18-24-49(44-52)50-40-43-63-64(45-50)67(53-26-6-2-7-27-53,54-28-8-3-9-29-54)61-36-16-17-37-62(61)68(63)59-34-14-12-32-57(59)66-58-33-13-15-35-60(58)68/h1-45H. The van der Waals surface area contributed by atoms with E-state index in [1.165, 1.54) is 84.3 Å². The average Bonchev–Trinajstić information content (AvgIpc) is 3.42. The van der Waals surface area contributed by atoms with E-state index in [0.717, 1.165) is 17.1 Å². The third-order valence-electron chi connectivity index (χ3n) is 14.5. The highest BCUT2D eigenvalue weighted by Gasteiger charge is 2.58. The molecule has 13 rings (SSSR count). The van der Waals surface area contributed by atoms with E-state index in [0.29, 0.717) is 0 Å². The van der Waals surface area contributed by atoms with E-state index in [1.807, 2.05) is 11.8 Å². The van der Waals surface area contributed by atoms with Crippen LogP contribution in [0.3, 0.4) is 0 Å². The van der Waals surface area contributed by atoms with Crippen molar-refractivity contribution in [1.29, 1.82) is 0 Å². The average molecular weight is 916 g/mol. The lowest BCUT2D eigenvalue weighted by atomic mass is 10.0. The van der Waals surface area contributed by atoms with E-state index in [4.69, 9.17) is 0 Å². The highest BCUT2D eigenvalue weighted by Crippen LogP contribution is 2.41. The molecule has 2 aliphatic rings. The van der Waals surface area contributed by atoms with E-state index < -0.39 is 16.1 Å². The van der Waals surface area contributed by atoms with Crippen molar-refractivity contribution < 1.29 is 0 Å². The molecule has 68 heavy (non-hydrogen) atoms.